The molecule has 0 aliphatic rings. The van der Waals surface area contributed by atoms with Gasteiger partial charge in [0.2, 0.25) is 0 Å². The van der Waals surface area contributed by atoms with E-state index in [4.69, 9.17) is 32.7 Å². The molecule has 0 aliphatic carbocycles. The second kappa shape index (κ2) is 6.34. The van der Waals surface area contributed by atoms with Crippen molar-refractivity contribution < 1.29 is 14.6 Å². The van der Waals surface area contributed by atoms with Gasteiger partial charge in [0.05, 0.1) is 25.3 Å². The molecule has 1 aromatic rings. The van der Waals surface area contributed by atoms with Crippen LogP contribution in [0.4, 0.5) is 0 Å². The van der Waals surface area contributed by atoms with E-state index in [0.29, 0.717) is 28.5 Å². The highest BCUT2D eigenvalue weighted by Crippen LogP contribution is 2.44. The van der Waals surface area contributed by atoms with Gasteiger partial charge >= 0.3 is 0 Å². The van der Waals surface area contributed by atoms with E-state index in [1.807, 2.05) is 6.92 Å². The van der Waals surface area contributed by atoms with Gasteiger partial charge in [0.1, 0.15) is 10.8 Å². The van der Waals surface area contributed by atoms with Crippen molar-refractivity contribution in [2.45, 2.75) is 25.9 Å². The molecule has 1 unspecified atom stereocenters. The highest BCUT2D eigenvalue weighted by Gasteiger charge is 2.21. The summed E-state index contributed by atoms with van der Waals surface area (Å²) >= 11 is 12.2. The van der Waals surface area contributed by atoms with Crippen molar-refractivity contribution in [2.24, 2.45) is 0 Å². The zero-order chi connectivity index (χ0) is 13.0. The van der Waals surface area contributed by atoms with Crippen LogP contribution in [-0.4, -0.2) is 19.3 Å². The van der Waals surface area contributed by atoms with Crippen molar-refractivity contribution in [2.75, 3.05) is 14.2 Å². The highest BCUT2D eigenvalue weighted by molar-refractivity contribution is 6.38. The fraction of sp³-hybridized carbons (Fsp3) is 0.500. The fourth-order valence-electron chi connectivity index (χ4n) is 1.67. The first-order valence-electron chi connectivity index (χ1n) is 5.34. The van der Waals surface area contributed by atoms with Crippen molar-refractivity contribution in [3.63, 3.8) is 0 Å². The van der Waals surface area contributed by atoms with E-state index in [2.05, 4.69) is 0 Å². The van der Waals surface area contributed by atoms with Gasteiger partial charge in [0.25, 0.3) is 0 Å². The Kier molecular flexibility index (Phi) is 5.37. The van der Waals surface area contributed by atoms with Gasteiger partial charge in [0, 0.05) is 5.56 Å². The fourth-order valence-corrected chi connectivity index (χ4v) is 2.38. The zero-order valence-electron chi connectivity index (χ0n) is 10.1. The number of methoxy groups -OCH3 is 2. The van der Waals surface area contributed by atoms with Gasteiger partial charge in [-0.15, -0.1) is 0 Å². The Labute approximate surface area is 111 Å². The number of ether oxygens (including phenoxy) is 2. The molecule has 0 saturated heterocycles. The van der Waals surface area contributed by atoms with E-state index in [0.717, 1.165) is 6.42 Å². The lowest BCUT2D eigenvalue weighted by Gasteiger charge is -2.18. The van der Waals surface area contributed by atoms with Gasteiger partial charge in [-0.2, -0.15) is 0 Å². The monoisotopic (exact) mass is 278 g/mol. The van der Waals surface area contributed by atoms with Crippen LogP contribution in [-0.2, 0) is 0 Å². The van der Waals surface area contributed by atoms with Gasteiger partial charge in [0.15, 0.2) is 5.75 Å². The topological polar surface area (TPSA) is 38.7 Å². The van der Waals surface area contributed by atoms with Crippen LogP contribution < -0.4 is 9.47 Å². The molecule has 1 rings (SSSR count). The van der Waals surface area contributed by atoms with Crippen LogP contribution >= 0.6 is 23.2 Å². The maximum Gasteiger partial charge on any atom is 0.159 e. The standard InChI is InChI=1S/C12H16Cl2O3/c1-4-5-9(15)7-6-8(13)12(17-3)10(14)11(7)16-2/h6,9,15H,4-5H2,1-3H3. The first-order chi connectivity index (χ1) is 8.06. The quantitative estimate of drug-likeness (QED) is 0.889. The molecular weight excluding hydrogens is 263 g/mol. The molecule has 0 heterocycles. The molecule has 0 saturated carbocycles. The molecule has 0 aliphatic heterocycles. The predicted molar refractivity (Wildman–Crippen MR) is 69.4 cm³/mol. The van der Waals surface area contributed by atoms with Crippen molar-refractivity contribution in [3.8, 4) is 11.5 Å². The van der Waals surface area contributed by atoms with Gasteiger partial charge in [-0.3, -0.25) is 0 Å². The van der Waals surface area contributed by atoms with Crippen LogP contribution in [0.2, 0.25) is 10.0 Å². The lowest BCUT2D eigenvalue weighted by atomic mass is 10.0. The molecule has 0 fully saturated rings. The van der Waals surface area contributed by atoms with Crippen LogP contribution in [0.15, 0.2) is 6.07 Å². The van der Waals surface area contributed by atoms with Gasteiger partial charge in [-0.1, -0.05) is 36.5 Å². The molecule has 0 spiro atoms. The number of aliphatic hydroxyl groups is 1. The number of hydrogen-bond donors (Lipinski definition) is 1. The normalized spacial score (nSPS) is 12.4. The predicted octanol–water partition coefficient (Wildman–Crippen LogP) is 3.84. The summed E-state index contributed by atoms with van der Waals surface area (Å²) in [5.74, 6) is 0.770. The number of rotatable bonds is 5. The zero-order valence-corrected chi connectivity index (χ0v) is 11.6. The molecule has 0 bridgehead atoms. The summed E-state index contributed by atoms with van der Waals surface area (Å²) in [7, 11) is 2.98. The lowest BCUT2D eigenvalue weighted by Crippen LogP contribution is -2.02. The van der Waals surface area contributed by atoms with Gasteiger partial charge in [-0.25, -0.2) is 0 Å². The van der Waals surface area contributed by atoms with Crippen LogP contribution in [0.3, 0.4) is 0 Å². The van der Waals surface area contributed by atoms with E-state index in [9.17, 15) is 5.11 Å². The summed E-state index contributed by atoms with van der Waals surface area (Å²) in [6.45, 7) is 1.99. The van der Waals surface area contributed by atoms with Crippen LogP contribution in [0.25, 0.3) is 0 Å². The molecular formula is C12H16Cl2O3. The SMILES string of the molecule is CCCC(O)c1cc(Cl)c(OC)c(Cl)c1OC. The van der Waals surface area contributed by atoms with E-state index in [1.54, 1.807) is 6.07 Å². The second-order valence-electron chi connectivity index (χ2n) is 3.63. The molecule has 0 radical (unpaired) electrons. The summed E-state index contributed by atoms with van der Waals surface area (Å²) < 4.78 is 10.3. The maximum absolute atomic E-state index is 10.0. The lowest BCUT2D eigenvalue weighted by molar-refractivity contribution is 0.162. The molecule has 0 amide bonds. The Morgan fingerprint density at radius 3 is 2.29 bits per heavy atom. The molecule has 3 nitrogen and oxygen atoms in total. The van der Waals surface area contributed by atoms with E-state index in [-0.39, 0.29) is 5.02 Å². The van der Waals surface area contributed by atoms with Crippen molar-refractivity contribution in [3.05, 3.63) is 21.7 Å². The maximum atomic E-state index is 10.0. The van der Waals surface area contributed by atoms with Crippen LogP contribution in [0, 0.1) is 0 Å². The summed E-state index contributed by atoms with van der Waals surface area (Å²) in [5.41, 5.74) is 0.588. The summed E-state index contributed by atoms with van der Waals surface area (Å²) in [6, 6.07) is 1.63. The Balaban J connectivity index is 3.31. The Morgan fingerprint density at radius 2 is 1.82 bits per heavy atom. The van der Waals surface area contributed by atoms with E-state index < -0.39 is 6.10 Å². The third-order valence-corrected chi connectivity index (χ3v) is 3.11. The second-order valence-corrected chi connectivity index (χ2v) is 4.42. The van der Waals surface area contributed by atoms with E-state index >= 15 is 0 Å². The third-order valence-electron chi connectivity index (χ3n) is 2.49. The third kappa shape index (κ3) is 2.97. The Bertz CT molecular complexity index is 394. The number of aliphatic hydroxyl groups excluding tert-OH is 1. The molecule has 1 atom stereocenters. The Morgan fingerprint density at radius 1 is 1.24 bits per heavy atom. The molecule has 1 N–H and O–H groups in total. The number of hydrogen-bond acceptors (Lipinski definition) is 3. The molecule has 96 valence electrons. The van der Waals surface area contributed by atoms with Crippen molar-refractivity contribution in [1.82, 2.24) is 0 Å². The molecule has 1 aromatic carbocycles. The average Bonchev–Trinajstić information content (AvgIpc) is 2.29. The minimum Gasteiger partial charge on any atom is -0.495 e. The molecule has 17 heavy (non-hydrogen) atoms. The first kappa shape index (κ1) is 14.4. The summed E-state index contributed by atoms with van der Waals surface area (Å²) in [5, 5.41) is 10.7. The largest absolute Gasteiger partial charge is 0.495 e. The first-order valence-corrected chi connectivity index (χ1v) is 6.10. The van der Waals surface area contributed by atoms with Gasteiger partial charge in [-0.05, 0) is 12.5 Å². The van der Waals surface area contributed by atoms with E-state index in [1.165, 1.54) is 14.2 Å². The molecule has 5 heteroatoms. The minimum atomic E-state index is -0.643. The minimum absolute atomic E-state index is 0.285. The average molecular weight is 279 g/mol. The van der Waals surface area contributed by atoms with Crippen LogP contribution in [0.5, 0.6) is 11.5 Å². The van der Waals surface area contributed by atoms with Gasteiger partial charge < -0.3 is 14.6 Å². The summed E-state index contributed by atoms with van der Waals surface area (Å²) in [6.07, 6.45) is 0.830. The smallest absolute Gasteiger partial charge is 0.159 e. The number of benzene rings is 1. The van der Waals surface area contributed by atoms with Crippen molar-refractivity contribution in [1.29, 1.82) is 0 Å². The summed E-state index contributed by atoms with van der Waals surface area (Å²) in [4.78, 5) is 0. The number of halogens is 2. The van der Waals surface area contributed by atoms with Crippen molar-refractivity contribution >= 4 is 23.2 Å². The molecule has 0 aromatic heterocycles. The van der Waals surface area contributed by atoms with Crippen LogP contribution in [0.1, 0.15) is 31.4 Å². The highest BCUT2D eigenvalue weighted by atomic mass is 35.5. The Hall–Kier alpha value is -0.640.